The first kappa shape index (κ1) is 15.8. The van der Waals surface area contributed by atoms with E-state index in [9.17, 15) is 4.79 Å². The number of hydrogen-bond acceptors (Lipinski definition) is 3. The van der Waals surface area contributed by atoms with E-state index in [4.69, 9.17) is 10.5 Å². The van der Waals surface area contributed by atoms with Gasteiger partial charge in [-0.1, -0.05) is 18.2 Å². The highest BCUT2D eigenvalue weighted by molar-refractivity contribution is 5.88. The lowest BCUT2D eigenvalue weighted by Crippen LogP contribution is -2.43. The minimum Gasteiger partial charge on any atom is -0.493 e. The van der Waals surface area contributed by atoms with Crippen molar-refractivity contribution in [3.8, 4) is 5.75 Å². The van der Waals surface area contributed by atoms with Crippen molar-refractivity contribution in [2.75, 3.05) is 13.2 Å². The van der Waals surface area contributed by atoms with E-state index in [0.29, 0.717) is 13.2 Å². The second-order valence-electron chi connectivity index (χ2n) is 4.88. The zero-order chi connectivity index (χ0) is 13.0. The topological polar surface area (TPSA) is 64.3 Å². The maximum Gasteiger partial charge on any atom is 0.240 e. The number of hydrogen-bond donors (Lipinski definition) is 2. The van der Waals surface area contributed by atoms with Crippen LogP contribution >= 0.6 is 12.4 Å². The van der Waals surface area contributed by atoms with Crippen molar-refractivity contribution in [1.82, 2.24) is 5.32 Å². The van der Waals surface area contributed by atoms with E-state index >= 15 is 0 Å². The number of carbonyl (C=O) groups excluding carboxylic acids is 1. The molecule has 1 aliphatic rings. The average molecular weight is 285 g/mol. The van der Waals surface area contributed by atoms with E-state index in [-0.39, 0.29) is 18.3 Å². The Morgan fingerprint density at radius 3 is 2.74 bits per heavy atom. The molecule has 1 aromatic carbocycles. The number of carbonyl (C=O) groups is 1. The summed E-state index contributed by atoms with van der Waals surface area (Å²) in [6, 6.07) is 7.91. The van der Waals surface area contributed by atoms with Gasteiger partial charge in [0, 0.05) is 6.54 Å². The summed E-state index contributed by atoms with van der Waals surface area (Å²) in [7, 11) is 0. The van der Waals surface area contributed by atoms with Crippen LogP contribution in [0.15, 0.2) is 24.3 Å². The molecule has 0 aliphatic heterocycles. The SMILES string of the molecule is Cc1ccccc1OCCCNC(=O)C1(N)CC1.Cl. The Kier molecular flexibility index (Phi) is 5.63. The highest BCUT2D eigenvalue weighted by atomic mass is 35.5. The lowest BCUT2D eigenvalue weighted by molar-refractivity contribution is -0.123. The van der Waals surface area contributed by atoms with E-state index in [1.165, 1.54) is 0 Å². The molecule has 0 radical (unpaired) electrons. The van der Waals surface area contributed by atoms with Crippen molar-refractivity contribution in [1.29, 1.82) is 0 Å². The van der Waals surface area contributed by atoms with Gasteiger partial charge in [-0.2, -0.15) is 0 Å². The van der Waals surface area contributed by atoms with Gasteiger partial charge in [-0.25, -0.2) is 0 Å². The molecular formula is C14H21ClN2O2. The third kappa shape index (κ3) is 4.40. The van der Waals surface area contributed by atoms with E-state index in [1.807, 2.05) is 31.2 Å². The highest BCUT2D eigenvalue weighted by Crippen LogP contribution is 2.31. The normalized spacial score (nSPS) is 15.3. The Balaban J connectivity index is 0.00000180. The summed E-state index contributed by atoms with van der Waals surface area (Å²) in [6.07, 6.45) is 2.40. The van der Waals surface area contributed by atoms with Gasteiger partial charge in [-0.15, -0.1) is 12.4 Å². The van der Waals surface area contributed by atoms with Crippen molar-refractivity contribution >= 4 is 18.3 Å². The van der Waals surface area contributed by atoms with Gasteiger partial charge < -0.3 is 15.8 Å². The quantitative estimate of drug-likeness (QED) is 0.783. The minimum atomic E-state index is -0.573. The maximum atomic E-state index is 11.5. The first-order valence-corrected chi connectivity index (χ1v) is 6.37. The maximum absolute atomic E-state index is 11.5. The third-order valence-electron chi connectivity index (χ3n) is 3.20. The predicted molar refractivity (Wildman–Crippen MR) is 77.7 cm³/mol. The summed E-state index contributed by atoms with van der Waals surface area (Å²) in [5.41, 5.74) is 6.33. The fourth-order valence-electron chi connectivity index (χ4n) is 1.71. The number of para-hydroxylation sites is 1. The summed E-state index contributed by atoms with van der Waals surface area (Å²) in [6.45, 7) is 3.23. The van der Waals surface area contributed by atoms with Crippen molar-refractivity contribution in [2.24, 2.45) is 5.73 Å². The number of ether oxygens (including phenoxy) is 1. The van der Waals surface area contributed by atoms with Gasteiger partial charge in [-0.05, 0) is 37.8 Å². The van der Waals surface area contributed by atoms with Crippen molar-refractivity contribution < 1.29 is 9.53 Å². The Morgan fingerprint density at radius 1 is 1.42 bits per heavy atom. The van der Waals surface area contributed by atoms with Gasteiger partial charge in [-0.3, -0.25) is 4.79 Å². The summed E-state index contributed by atoms with van der Waals surface area (Å²) in [4.78, 5) is 11.5. The average Bonchev–Trinajstić information content (AvgIpc) is 3.10. The van der Waals surface area contributed by atoms with E-state index in [2.05, 4.69) is 5.32 Å². The fraction of sp³-hybridized carbons (Fsp3) is 0.500. The highest BCUT2D eigenvalue weighted by Gasteiger charge is 2.45. The first-order chi connectivity index (χ1) is 8.62. The number of benzene rings is 1. The van der Waals surface area contributed by atoms with Crippen molar-refractivity contribution in [3.05, 3.63) is 29.8 Å². The second kappa shape index (κ2) is 6.78. The fourth-order valence-corrected chi connectivity index (χ4v) is 1.71. The standard InChI is InChI=1S/C14H20N2O2.ClH/c1-11-5-2-3-6-12(11)18-10-4-9-16-13(17)14(15)7-8-14;/h2-3,5-6H,4,7-10,15H2,1H3,(H,16,17);1H. The molecule has 4 nitrogen and oxygen atoms in total. The first-order valence-electron chi connectivity index (χ1n) is 6.37. The third-order valence-corrected chi connectivity index (χ3v) is 3.20. The number of rotatable bonds is 6. The van der Waals surface area contributed by atoms with Crippen LogP contribution in [0, 0.1) is 6.92 Å². The van der Waals surface area contributed by atoms with Crippen LogP contribution in [0.2, 0.25) is 0 Å². The molecule has 0 spiro atoms. The molecule has 0 aromatic heterocycles. The van der Waals surface area contributed by atoms with E-state index in [0.717, 1.165) is 30.6 Å². The molecule has 3 N–H and O–H groups in total. The van der Waals surface area contributed by atoms with Gasteiger partial charge in [0.25, 0.3) is 0 Å². The Bertz CT molecular complexity index is 433. The minimum absolute atomic E-state index is 0. The smallest absolute Gasteiger partial charge is 0.240 e. The van der Waals surface area contributed by atoms with Gasteiger partial charge in [0.05, 0.1) is 12.1 Å². The molecule has 1 fully saturated rings. The number of halogens is 1. The number of nitrogens with two attached hydrogens (primary N) is 1. The van der Waals surface area contributed by atoms with Crippen LogP contribution in [0.5, 0.6) is 5.75 Å². The largest absolute Gasteiger partial charge is 0.493 e. The predicted octanol–water partition coefficient (Wildman–Crippen LogP) is 1.79. The van der Waals surface area contributed by atoms with Gasteiger partial charge in [0.15, 0.2) is 0 Å². The molecule has 1 aliphatic carbocycles. The molecule has 5 heteroatoms. The van der Waals surface area contributed by atoms with Crippen molar-refractivity contribution in [2.45, 2.75) is 31.7 Å². The van der Waals surface area contributed by atoms with Crippen LogP contribution < -0.4 is 15.8 Å². The number of nitrogens with one attached hydrogen (secondary N) is 1. The van der Waals surface area contributed by atoms with Crippen LogP contribution in [0.1, 0.15) is 24.8 Å². The lowest BCUT2D eigenvalue weighted by atomic mass is 10.2. The monoisotopic (exact) mass is 284 g/mol. The van der Waals surface area contributed by atoms with Crippen LogP contribution in [-0.2, 0) is 4.79 Å². The molecule has 0 bridgehead atoms. The zero-order valence-corrected chi connectivity index (χ0v) is 12.0. The molecule has 0 atom stereocenters. The lowest BCUT2D eigenvalue weighted by Gasteiger charge is -2.11. The molecule has 106 valence electrons. The van der Waals surface area contributed by atoms with Gasteiger partial charge in [0.1, 0.15) is 5.75 Å². The van der Waals surface area contributed by atoms with E-state index < -0.39 is 5.54 Å². The molecule has 19 heavy (non-hydrogen) atoms. The molecule has 1 saturated carbocycles. The van der Waals surface area contributed by atoms with Crippen LogP contribution in [0.4, 0.5) is 0 Å². The Morgan fingerprint density at radius 2 is 2.11 bits per heavy atom. The summed E-state index contributed by atoms with van der Waals surface area (Å²) >= 11 is 0. The molecule has 2 rings (SSSR count). The molecule has 1 amide bonds. The van der Waals surface area contributed by atoms with Crippen molar-refractivity contribution in [3.63, 3.8) is 0 Å². The number of amides is 1. The van der Waals surface area contributed by atoms with Crippen LogP contribution in [0.25, 0.3) is 0 Å². The molecular weight excluding hydrogens is 264 g/mol. The Labute approximate surface area is 120 Å². The van der Waals surface area contributed by atoms with Gasteiger partial charge in [0.2, 0.25) is 5.91 Å². The zero-order valence-electron chi connectivity index (χ0n) is 11.1. The molecule has 0 unspecified atom stereocenters. The van der Waals surface area contributed by atoms with E-state index in [1.54, 1.807) is 0 Å². The summed E-state index contributed by atoms with van der Waals surface area (Å²) < 4.78 is 5.64. The molecule has 1 aromatic rings. The second-order valence-corrected chi connectivity index (χ2v) is 4.88. The number of aryl methyl sites for hydroxylation is 1. The summed E-state index contributed by atoms with van der Waals surface area (Å²) in [5, 5.41) is 2.84. The Hall–Kier alpha value is -1.26. The van der Waals surface area contributed by atoms with Crippen LogP contribution in [-0.4, -0.2) is 24.6 Å². The molecule has 0 saturated heterocycles. The van der Waals surface area contributed by atoms with Crippen LogP contribution in [0.3, 0.4) is 0 Å². The molecule has 0 heterocycles. The summed E-state index contributed by atoms with van der Waals surface area (Å²) in [5.74, 6) is 0.875. The van der Waals surface area contributed by atoms with Gasteiger partial charge >= 0.3 is 0 Å².